The Balaban J connectivity index is 1.85. The van der Waals surface area contributed by atoms with Crippen molar-refractivity contribution in [3.05, 3.63) is 46.6 Å². The van der Waals surface area contributed by atoms with E-state index in [9.17, 15) is 4.79 Å². The second-order valence-corrected chi connectivity index (χ2v) is 4.40. The summed E-state index contributed by atoms with van der Waals surface area (Å²) in [6.45, 7) is 0.839. The van der Waals surface area contributed by atoms with Crippen molar-refractivity contribution in [3.8, 4) is 17.6 Å². The Hall–Kier alpha value is -2.52. The summed E-state index contributed by atoms with van der Waals surface area (Å²) in [5.74, 6) is 6.51. The predicted octanol–water partition coefficient (Wildman–Crippen LogP) is 0.395. The highest BCUT2D eigenvalue weighted by Gasteiger charge is 2.01. The van der Waals surface area contributed by atoms with Crippen molar-refractivity contribution in [2.24, 2.45) is 7.05 Å². The van der Waals surface area contributed by atoms with Crippen LogP contribution in [0.5, 0.6) is 5.75 Å². The molecule has 21 heavy (non-hydrogen) atoms. The van der Waals surface area contributed by atoms with E-state index in [-0.39, 0.29) is 12.3 Å². The molecule has 0 radical (unpaired) electrons. The Bertz CT molecular complexity index is 689. The number of hydrogen-bond acceptors (Lipinski definition) is 4. The molecule has 0 saturated heterocycles. The molecule has 1 heterocycles. The van der Waals surface area contributed by atoms with Crippen molar-refractivity contribution < 1.29 is 9.84 Å². The maximum atomic E-state index is 11.6. The van der Waals surface area contributed by atoms with E-state index >= 15 is 0 Å². The summed E-state index contributed by atoms with van der Waals surface area (Å²) in [4.78, 5) is 11.6. The molecule has 0 saturated carbocycles. The largest absolute Gasteiger partial charge is 0.492 e. The van der Waals surface area contributed by atoms with Gasteiger partial charge in [0.25, 0.3) is 0 Å². The Morgan fingerprint density at radius 1 is 1.33 bits per heavy atom. The van der Waals surface area contributed by atoms with Crippen LogP contribution in [0.4, 0.5) is 0 Å². The van der Waals surface area contributed by atoms with Crippen LogP contribution in [0.15, 0.2) is 35.4 Å². The molecule has 0 aliphatic carbocycles. The first-order valence-corrected chi connectivity index (χ1v) is 6.62. The summed E-state index contributed by atoms with van der Waals surface area (Å²) in [6.07, 6.45) is 1.94. The van der Waals surface area contributed by atoms with Gasteiger partial charge >= 0.3 is 5.69 Å². The van der Waals surface area contributed by atoms with Crippen LogP contribution in [0.2, 0.25) is 0 Å². The molecule has 0 atom stereocenters. The number of hydrogen-bond donors (Lipinski definition) is 1. The van der Waals surface area contributed by atoms with Gasteiger partial charge in [-0.15, -0.1) is 0 Å². The summed E-state index contributed by atoms with van der Waals surface area (Å²) in [6, 6.07) is 7.35. The van der Waals surface area contributed by atoms with Crippen LogP contribution in [-0.4, -0.2) is 32.7 Å². The molecule has 0 spiro atoms. The minimum atomic E-state index is -0.159. The number of benzene rings is 1. The van der Waals surface area contributed by atoms with E-state index in [4.69, 9.17) is 9.84 Å². The molecular formula is C15H17N3O3. The van der Waals surface area contributed by atoms with E-state index in [1.165, 1.54) is 15.6 Å². The van der Waals surface area contributed by atoms with E-state index in [1.807, 2.05) is 24.3 Å². The zero-order valence-electron chi connectivity index (χ0n) is 11.8. The number of aliphatic hydroxyl groups excluding tert-OH is 1. The van der Waals surface area contributed by atoms with Crippen molar-refractivity contribution in [3.63, 3.8) is 0 Å². The lowest BCUT2D eigenvalue weighted by atomic mass is 10.2. The molecule has 6 heteroatoms. The fourth-order valence-electron chi connectivity index (χ4n) is 1.68. The van der Waals surface area contributed by atoms with Gasteiger partial charge in [-0.05, 0) is 24.3 Å². The lowest BCUT2D eigenvalue weighted by Gasteiger charge is -2.05. The van der Waals surface area contributed by atoms with Crippen LogP contribution in [0.25, 0.3) is 0 Å². The molecule has 1 aromatic carbocycles. The Labute approximate surface area is 122 Å². The number of aromatic nitrogens is 3. The van der Waals surface area contributed by atoms with Gasteiger partial charge in [-0.25, -0.2) is 9.48 Å². The molecule has 110 valence electrons. The average Bonchev–Trinajstić information content (AvgIpc) is 2.81. The number of ether oxygens (including phenoxy) is 1. The van der Waals surface area contributed by atoms with Crippen molar-refractivity contribution in [1.29, 1.82) is 0 Å². The molecule has 2 aromatic rings. The van der Waals surface area contributed by atoms with Gasteiger partial charge in [0.05, 0.1) is 13.2 Å². The lowest BCUT2D eigenvalue weighted by molar-refractivity contribution is 0.288. The highest BCUT2D eigenvalue weighted by molar-refractivity contribution is 5.38. The van der Waals surface area contributed by atoms with Crippen molar-refractivity contribution in [2.75, 3.05) is 13.2 Å². The van der Waals surface area contributed by atoms with Crippen LogP contribution in [0.1, 0.15) is 12.0 Å². The number of rotatable bonds is 5. The van der Waals surface area contributed by atoms with Gasteiger partial charge in [0.2, 0.25) is 0 Å². The minimum Gasteiger partial charge on any atom is -0.492 e. The Morgan fingerprint density at radius 3 is 2.71 bits per heavy atom. The first-order valence-electron chi connectivity index (χ1n) is 6.62. The third-order valence-electron chi connectivity index (χ3n) is 2.78. The third-order valence-corrected chi connectivity index (χ3v) is 2.78. The van der Waals surface area contributed by atoms with Crippen LogP contribution in [0, 0.1) is 11.8 Å². The molecule has 0 aliphatic rings. The standard InChI is InChI=1S/C15H17N3O3/c1-17-12-16-18(15(17)20)9-11-21-14-7-5-13(6-8-14)4-2-3-10-19/h5-8,12,19H,3,9-11H2,1H3. The summed E-state index contributed by atoms with van der Waals surface area (Å²) in [5, 5.41) is 12.6. The third kappa shape index (κ3) is 4.23. The number of nitrogens with zero attached hydrogens (tertiary/aromatic N) is 3. The highest BCUT2D eigenvalue weighted by Crippen LogP contribution is 2.11. The van der Waals surface area contributed by atoms with Crippen LogP contribution in [0.3, 0.4) is 0 Å². The SMILES string of the molecule is Cn1cnn(CCOc2ccc(C#CCCO)cc2)c1=O. The molecular weight excluding hydrogens is 270 g/mol. The number of aliphatic hydroxyl groups is 1. The molecule has 0 unspecified atom stereocenters. The fraction of sp³-hybridized carbons (Fsp3) is 0.333. The maximum absolute atomic E-state index is 11.6. The predicted molar refractivity (Wildman–Crippen MR) is 78.0 cm³/mol. The van der Waals surface area contributed by atoms with Crippen molar-refractivity contribution in [2.45, 2.75) is 13.0 Å². The second kappa shape index (κ2) is 7.31. The molecule has 0 bridgehead atoms. The normalized spacial score (nSPS) is 10.0. The van der Waals surface area contributed by atoms with Gasteiger partial charge in [-0.1, -0.05) is 11.8 Å². The first kappa shape index (κ1) is 14.9. The van der Waals surface area contributed by atoms with Gasteiger partial charge < -0.3 is 9.84 Å². The van der Waals surface area contributed by atoms with E-state index in [0.29, 0.717) is 25.3 Å². The topological polar surface area (TPSA) is 69.3 Å². The zero-order chi connectivity index (χ0) is 15.1. The molecule has 0 amide bonds. The zero-order valence-corrected chi connectivity index (χ0v) is 11.8. The first-order chi connectivity index (χ1) is 10.2. The quantitative estimate of drug-likeness (QED) is 0.808. The summed E-state index contributed by atoms with van der Waals surface area (Å²) in [5.41, 5.74) is 0.713. The van der Waals surface area contributed by atoms with Crippen LogP contribution in [-0.2, 0) is 13.6 Å². The van der Waals surface area contributed by atoms with E-state index in [2.05, 4.69) is 16.9 Å². The van der Waals surface area contributed by atoms with E-state index in [1.54, 1.807) is 7.05 Å². The summed E-state index contributed by atoms with van der Waals surface area (Å²) < 4.78 is 8.33. The van der Waals surface area contributed by atoms with Gasteiger partial charge in [0.1, 0.15) is 18.7 Å². The molecule has 1 aromatic heterocycles. The lowest BCUT2D eigenvalue weighted by Crippen LogP contribution is -2.25. The van der Waals surface area contributed by atoms with Gasteiger partial charge in [-0.3, -0.25) is 4.57 Å². The summed E-state index contributed by atoms with van der Waals surface area (Å²) >= 11 is 0. The monoisotopic (exact) mass is 287 g/mol. The average molecular weight is 287 g/mol. The smallest absolute Gasteiger partial charge is 0.345 e. The van der Waals surface area contributed by atoms with Crippen LogP contribution >= 0.6 is 0 Å². The van der Waals surface area contributed by atoms with E-state index in [0.717, 1.165) is 5.56 Å². The fourth-order valence-corrected chi connectivity index (χ4v) is 1.68. The van der Waals surface area contributed by atoms with Crippen molar-refractivity contribution >= 4 is 0 Å². The summed E-state index contributed by atoms with van der Waals surface area (Å²) in [7, 11) is 1.66. The molecule has 0 fully saturated rings. The van der Waals surface area contributed by atoms with Crippen LogP contribution < -0.4 is 10.4 Å². The number of aryl methyl sites for hydroxylation is 1. The minimum absolute atomic E-state index is 0.0705. The van der Waals surface area contributed by atoms with Gasteiger partial charge in [0, 0.05) is 19.0 Å². The van der Waals surface area contributed by atoms with Gasteiger partial charge in [-0.2, -0.15) is 5.10 Å². The van der Waals surface area contributed by atoms with E-state index < -0.39 is 0 Å². The molecule has 2 rings (SSSR count). The van der Waals surface area contributed by atoms with Gasteiger partial charge in [0.15, 0.2) is 0 Å². The second-order valence-electron chi connectivity index (χ2n) is 4.40. The molecule has 1 N–H and O–H groups in total. The van der Waals surface area contributed by atoms with Crippen molar-refractivity contribution in [1.82, 2.24) is 14.3 Å². The molecule has 0 aliphatic heterocycles. The highest BCUT2D eigenvalue weighted by atomic mass is 16.5. The molecule has 6 nitrogen and oxygen atoms in total. The Kier molecular flexibility index (Phi) is 5.18. The Morgan fingerprint density at radius 2 is 2.10 bits per heavy atom. The maximum Gasteiger partial charge on any atom is 0.345 e.